The number of aliphatic imine (C=N–C) groups is 1. The normalized spacial score (nSPS) is 17.9. The van der Waals surface area contributed by atoms with E-state index in [1.54, 1.807) is 20.8 Å². The highest BCUT2D eigenvalue weighted by atomic mass is 32.2. The molecule has 14 nitrogen and oxygen atoms in total. The van der Waals surface area contributed by atoms with Crippen molar-refractivity contribution < 1.29 is 35.9 Å². The maximum Gasteiger partial charge on any atom is 0.404 e. The van der Waals surface area contributed by atoms with E-state index in [-0.39, 0.29) is 17.5 Å². The van der Waals surface area contributed by atoms with E-state index in [1.165, 1.54) is 17.2 Å². The molecule has 2 aliphatic heterocycles. The van der Waals surface area contributed by atoms with Gasteiger partial charge in [-0.2, -0.15) is 17.9 Å². The molecule has 0 spiro atoms. The van der Waals surface area contributed by atoms with Crippen molar-refractivity contribution in [1.82, 2.24) is 34.9 Å². The van der Waals surface area contributed by atoms with Crippen LogP contribution < -0.4 is 20.3 Å². The maximum absolute atomic E-state index is 12.9. The van der Waals surface area contributed by atoms with E-state index in [0.29, 0.717) is 49.8 Å². The molecular weight excluding hydrogens is 583 g/mol. The molecule has 18 heteroatoms. The lowest BCUT2D eigenvalue weighted by Crippen LogP contribution is -2.48. The van der Waals surface area contributed by atoms with Gasteiger partial charge in [-0.25, -0.2) is 23.4 Å². The molecule has 4 rings (SSSR count). The van der Waals surface area contributed by atoms with Crippen LogP contribution in [0.1, 0.15) is 40.0 Å². The zero-order chi connectivity index (χ0) is 30.7. The van der Waals surface area contributed by atoms with Gasteiger partial charge >= 0.3 is 12.1 Å². The van der Waals surface area contributed by atoms with Gasteiger partial charge in [-0.05, 0) is 40.0 Å². The Kier molecular flexibility index (Phi) is 9.24. The Hall–Kier alpha value is -3.54. The van der Waals surface area contributed by atoms with Gasteiger partial charge in [0.25, 0.3) is 0 Å². The van der Waals surface area contributed by atoms with Crippen molar-refractivity contribution in [3.8, 4) is 0 Å². The highest BCUT2D eigenvalue weighted by Gasteiger charge is 2.38. The second-order valence-corrected chi connectivity index (χ2v) is 12.9. The molecule has 0 unspecified atom stereocenters. The van der Waals surface area contributed by atoms with Gasteiger partial charge in [0.15, 0.2) is 28.7 Å². The quantitative estimate of drug-likeness (QED) is 0.358. The minimum atomic E-state index is -5.01. The number of carbonyl (C=O) groups excluding carboxylic acids is 2. The van der Waals surface area contributed by atoms with Crippen LogP contribution in [0, 0.1) is 5.92 Å². The van der Waals surface area contributed by atoms with Crippen LogP contribution in [0.15, 0.2) is 17.6 Å². The Morgan fingerprint density at radius 3 is 2.50 bits per heavy atom. The van der Waals surface area contributed by atoms with E-state index in [4.69, 9.17) is 4.74 Å². The van der Waals surface area contributed by atoms with Gasteiger partial charge in [0, 0.05) is 32.1 Å². The van der Waals surface area contributed by atoms with E-state index in [0.717, 1.165) is 13.0 Å². The number of fused-ring (bicyclic) bond motifs is 1. The third-order valence-corrected chi connectivity index (χ3v) is 7.78. The molecule has 3 N–H and O–H groups in total. The fourth-order valence-electron chi connectivity index (χ4n) is 4.63. The maximum atomic E-state index is 12.9. The lowest BCUT2D eigenvalue weighted by molar-refractivity contribution is -0.157. The van der Waals surface area contributed by atoms with E-state index in [1.807, 2.05) is 9.62 Å². The number of anilines is 1. The summed E-state index contributed by atoms with van der Waals surface area (Å²) in [5.74, 6) is -2.58. The second kappa shape index (κ2) is 12.4. The van der Waals surface area contributed by atoms with Gasteiger partial charge < -0.3 is 19.5 Å². The van der Waals surface area contributed by atoms with Crippen molar-refractivity contribution in [3.63, 3.8) is 0 Å². The molecule has 1 saturated heterocycles. The monoisotopic (exact) mass is 617 g/mol. The van der Waals surface area contributed by atoms with Crippen molar-refractivity contribution >= 4 is 44.8 Å². The smallest absolute Gasteiger partial charge is 0.404 e. The summed E-state index contributed by atoms with van der Waals surface area (Å²) in [6, 6.07) is -1.69. The zero-order valence-electron chi connectivity index (χ0n) is 23.4. The number of halogens is 3. The van der Waals surface area contributed by atoms with Gasteiger partial charge in [-0.1, -0.05) is 0 Å². The summed E-state index contributed by atoms with van der Waals surface area (Å²) >= 11 is 0. The van der Waals surface area contributed by atoms with Gasteiger partial charge in [0.2, 0.25) is 15.9 Å². The van der Waals surface area contributed by atoms with Crippen LogP contribution in [-0.4, -0.2) is 95.5 Å². The van der Waals surface area contributed by atoms with Gasteiger partial charge in [0.1, 0.15) is 18.0 Å². The van der Waals surface area contributed by atoms with Crippen LogP contribution in [0.25, 0.3) is 11.2 Å². The number of aromatic nitrogens is 4. The Morgan fingerprint density at radius 1 is 1.17 bits per heavy atom. The molecule has 232 valence electrons. The SMILES string of the molecule is CC(C)(C)OC(=O)[C@H](Cn1cnc2c(N3CCC(C(=O)NC4=NCCCN4)CC3)ncnc21)NS(=O)(=O)CC(F)(F)F. The molecule has 0 bridgehead atoms. The van der Waals surface area contributed by atoms with Crippen molar-refractivity contribution in [2.45, 2.75) is 64.4 Å². The molecule has 1 amide bonds. The Morgan fingerprint density at radius 2 is 1.88 bits per heavy atom. The Labute approximate surface area is 240 Å². The molecule has 2 aliphatic rings. The van der Waals surface area contributed by atoms with Crippen LogP contribution in [-0.2, 0) is 30.9 Å². The first-order valence-electron chi connectivity index (χ1n) is 13.4. The average Bonchev–Trinajstić information content (AvgIpc) is 3.29. The van der Waals surface area contributed by atoms with Crippen LogP contribution in [0.4, 0.5) is 19.0 Å². The number of hydrogen-bond donors (Lipinski definition) is 3. The lowest BCUT2D eigenvalue weighted by Gasteiger charge is -2.32. The zero-order valence-corrected chi connectivity index (χ0v) is 24.3. The fourth-order valence-corrected chi connectivity index (χ4v) is 5.74. The Bertz CT molecular complexity index is 1430. The summed E-state index contributed by atoms with van der Waals surface area (Å²) in [6.45, 7) is 6.62. The highest BCUT2D eigenvalue weighted by molar-refractivity contribution is 7.89. The number of piperidine rings is 1. The number of esters is 1. The van der Waals surface area contributed by atoms with E-state index in [2.05, 4.69) is 30.6 Å². The first-order chi connectivity index (χ1) is 19.6. The lowest BCUT2D eigenvalue weighted by atomic mass is 9.96. The second-order valence-electron chi connectivity index (χ2n) is 11.1. The summed E-state index contributed by atoms with van der Waals surface area (Å²) < 4.78 is 71.5. The van der Waals surface area contributed by atoms with Gasteiger partial charge in [-0.15, -0.1) is 0 Å². The Balaban J connectivity index is 1.49. The average molecular weight is 618 g/mol. The molecule has 0 radical (unpaired) electrons. The molecule has 42 heavy (non-hydrogen) atoms. The highest BCUT2D eigenvalue weighted by Crippen LogP contribution is 2.27. The van der Waals surface area contributed by atoms with Crippen molar-refractivity contribution in [1.29, 1.82) is 0 Å². The molecular formula is C24H34F3N9O5S. The summed E-state index contributed by atoms with van der Waals surface area (Å²) in [6.07, 6.45) is -0.423. The fraction of sp³-hybridized carbons (Fsp3) is 0.667. The van der Waals surface area contributed by atoms with Crippen molar-refractivity contribution in [2.24, 2.45) is 10.9 Å². The predicted octanol–water partition coefficient (Wildman–Crippen LogP) is 0.700. The third-order valence-electron chi connectivity index (χ3n) is 6.43. The molecule has 0 saturated carbocycles. The summed E-state index contributed by atoms with van der Waals surface area (Å²) in [7, 11) is -4.94. The molecule has 2 aromatic rings. The molecule has 2 aromatic heterocycles. The van der Waals surface area contributed by atoms with Gasteiger partial charge in [-0.3, -0.25) is 19.9 Å². The van der Waals surface area contributed by atoms with Crippen molar-refractivity contribution in [3.05, 3.63) is 12.7 Å². The molecule has 1 atom stereocenters. The number of nitrogens with zero attached hydrogens (tertiary/aromatic N) is 6. The van der Waals surface area contributed by atoms with Crippen LogP contribution in [0.3, 0.4) is 0 Å². The number of carbonyl (C=O) groups is 2. The predicted molar refractivity (Wildman–Crippen MR) is 146 cm³/mol. The number of alkyl halides is 3. The number of guanidine groups is 1. The number of nitrogens with one attached hydrogen (secondary N) is 3. The summed E-state index contributed by atoms with van der Waals surface area (Å²) in [4.78, 5) is 44.7. The minimum absolute atomic E-state index is 0.110. The van der Waals surface area contributed by atoms with E-state index < -0.39 is 46.1 Å². The van der Waals surface area contributed by atoms with Crippen LogP contribution >= 0.6 is 0 Å². The number of imidazole rings is 1. The molecule has 0 aliphatic carbocycles. The minimum Gasteiger partial charge on any atom is -0.459 e. The third kappa shape index (κ3) is 8.50. The van der Waals surface area contributed by atoms with E-state index in [9.17, 15) is 31.2 Å². The van der Waals surface area contributed by atoms with Crippen molar-refractivity contribution in [2.75, 3.05) is 36.8 Å². The summed E-state index contributed by atoms with van der Waals surface area (Å²) in [5, 5.41) is 5.90. The standard InChI is InChI=1S/C24H34F3N9O5S/c1-23(2,3)41-21(38)16(34-42(39,40)12-24(25,26)27)11-36-14-32-17-18(30-13-31-19(17)36)35-9-5-15(6-10-35)20(37)33-22-28-7-4-8-29-22/h13-16,34H,4-12H2,1-3H3,(H2,28,29,33,37)/t16-/m0/s1. The topological polar surface area (TPSA) is 173 Å². The van der Waals surface area contributed by atoms with Gasteiger partial charge in [0.05, 0.1) is 12.9 Å². The van der Waals surface area contributed by atoms with E-state index >= 15 is 0 Å². The molecule has 1 fully saturated rings. The summed E-state index contributed by atoms with van der Waals surface area (Å²) in [5.41, 5.74) is -0.437. The first-order valence-corrected chi connectivity index (χ1v) is 15.0. The van der Waals surface area contributed by atoms with Crippen LogP contribution in [0.2, 0.25) is 0 Å². The number of sulfonamides is 1. The van der Waals surface area contributed by atoms with Crippen LogP contribution in [0.5, 0.6) is 0 Å². The molecule has 0 aromatic carbocycles. The number of hydrogen-bond acceptors (Lipinski definition) is 11. The number of amides is 1. The molecule has 4 heterocycles. The number of ether oxygens (including phenoxy) is 1. The first kappa shape index (κ1) is 31.4. The largest absolute Gasteiger partial charge is 0.459 e. The number of rotatable bonds is 8.